The van der Waals surface area contributed by atoms with Crippen molar-refractivity contribution in [2.45, 2.75) is 0 Å². The van der Waals surface area contributed by atoms with Crippen molar-refractivity contribution in [1.29, 1.82) is 0 Å². The fourth-order valence-corrected chi connectivity index (χ4v) is 2.16. The summed E-state index contributed by atoms with van der Waals surface area (Å²) in [5.74, 6) is -1.04. The molecule has 94 valence electrons. The molecule has 1 aromatic rings. The van der Waals surface area contributed by atoms with Gasteiger partial charge in [-0.25, -0.2) is 4.79 Å². The van der Waals surface area contributed by atoms with Gasteiger partial charge >= 0.3 is 5.97 Å². The van der Waals surface area contributed by atoms with Crippen LogP contribution in [0.4, 0.5) is 10.5 Å². The van der Waals surface area contributed by atoms with Crippen LogP contribution in [0.5, 0.6) is 0 Å². The second kappa shape index (κ2) is 5.09. The van der Waals surface area contributed by atoms with Gasteiger partial charge in [-0.05, 0) is 24.3 Å². The monoisotopic (exact) mass is 266 g/mol. The number of anilines is 1. The average Bonchev–Trinajstić information content (AvgIpc) is 2.67. The molecule has 0 aromatic heterocycles. The number of imide groups is 1. The summed E-state index contributed by atoms with van der Waals surface area (Å²) in [5.41, 5.74) is 0.835. The summed E-state index contributed by atoms with van der Waals surface area (Å²) in [6.07, 6.45) is 0. The number of aromatic carboxylic acids is 1. The highest BCUT2D eigenvalue weighted by Crippen LogP contribution is 2.18. The Morgan fingerprint density at radius 1 is 1.33 bits per heavy atom. The summed E-state index contributed by atoms with van der Waals surface area (Å²) in [5, 5.41) is 11.3. The number of carboxylic acids is 1. The van der Waals surface area contributed by atoms with E-state index in [0.717, 1.165) is 16.7 Å². The lowest BCUT2D eigenvalue weighted by Gasteiger charge is -2.14. The maximum atomic E-state index is 11.3. The molecule has 1 fully saturated rings. The van der Waals surface area contributed by atoms with Crippen LogP contribution in [0, 0.1) is 0 Å². The van der Waals surface area contributed by atoms with E-state index in [4.69, 9.17) is 5.11 Å². The minimum Gasteiger partial charge on any atom is -0.478 e. The van der Waals surface area contributed by atoms with E-state index >= 15 is 0 Å². The van der Waals surface area contributed by atoms with Crippen molar-refractivity contribution in [3.05, 3.63) is 29.8 Å². The Kier molecular flexibility index (Phi) is 3.52. The molecule has 18 heavy (non-hydrogen) atoms. The van der Waals surface area contributed by atoms with E-state index < -0.39 is 5.97 Å². The number of carbonyl (C=O) groups is 3. The molecule has 1 aliphatic heterocycles. The number of hydrogen-bond donors (Lipinski definition) is 2. The zero-order valence-corrected chi connectivity index (χ0v) is 10.1. The summed E-state index contributed by atoms with van der Waals surface area (Å²) in [4.78, 5) is 34.4. The third kappa shape index (κ3) is 2.62. The Morgan fingerprint density at radius 3 is 2.50 bits per heavy atom. The van der Waals surface area contributed by atoms with E-state index in [-0.39, 0.29) is 29.1 Å². The van der Waals surface area contributed by atoms with Crippen molar-refractivity contribution < 1.29 is 19.5 Å². The van der Waals surface area contributed by atoms with Gasteiger partial charge in [0.1, 0.15) is 0 Å². The summed E-state index contributed by atoms with van der Waals surface area (Å²) < 4.78 is 0. The Morgan fingerprint density at radius 2 is 2.00 bits per heavy atom. The smallest absolute Gasteiger partial charge is 0.335 e. The van der Waals surface area contributed by atoms with Gasteiger partial charge in [0.15, 0.2) is 0 Å². The molecule has 1 heterocycles. The van der Waals surface area contributed by atoms with Crippen LogP contribution in [0.3, 0.4) is 0 Å². The SMILES string of the molecule is O=C(O)c1ccc(NCN2C(=O)CSC2=O)cc1. The second-order valence-electron chi connectivity index (χ2n) is 3.59. The van der Waals surface area contributed by atoms with Gasteiger partial charge in [0.2, 0.25) is 5.91 Å². The van der Waals surface area contributed by atoms with Crippen LogP contribution in [-0.2, 0) is 4.79 Å². The molecule has 0 saturated carbocycles. The summed E-state index contributed by atoms with van der Waals surface area (Å²) in [7, 11) is 0. The Hall–Kier alpha value is -2.02. The van der Waals surface area contributed by atoms with E-state index in [2.05, 4.69) is 5.32 Å². The first-order chi connectivity index (χ1) is 8.58. The molecular weight excluding hydrogens is 256 g/mol. The summed E-state index contributed by atoms with van der Waals surface area (Å²) in [6.45, 7) is 0.0943. The molecule has 0 atom stereocenters. The zero-order chi connectivity index (χ0) is 13.1. The van der Waals surface area contributed by atoms with Crippen LogP contribution in [0.25, 0.3) is 0 Å². The topological polar surface area (TPSA) is 86.7 Å². The lowest BCUT2D eigenvalue weighted by atomic mass is 10.2. The number of rotatable bonds is 4. The molecule has 2 rings (SSSR count). The molecule has 2 amide bonds. The quantitative estimate of drug-likeness (QED) is 0.857. The maximum absolute atomic E-state index is 11.3. The molecule has 0 radical (unpaired) electrons. The number of nitrogens with zero attached hydrogens (tertiary/aromatic N) is 1. The maximum Gasteiger partial charge on any atom is 0.335 e. The van der Waals surface area contributed by atoms with E-state index in [1.807, 2.05) is 0 Å². The number of nitrogens with one attached hydrogen (secondary N) is 1. The van der Waals surface area contributed by atoms with Crippen molar-refractivity contribution in [2.24, 2.45) is 0 Å². The molecule has 0 aliphatic carbocycles. The zero-order valence-electron chi connectivity index (χ0n) is 9.25. The lowest BCUT2D eigenvalue weighted by molar-refractivity contribution is -0.124. The van der Waals surface area contributed by atoms with Crippen LogP contribution in [0.15, 0.2) is 24.3 Å². The minimum atomic E-state index is -0.997. The van der Waals surface area contributed by atoms with Crippen LogP contribution in [0.2, 0.25) is 0 Å². The van der Waals surface area contributed by atoms with E-state index in [1.54, 1.807) is 12.1 Å². The first-order valence-electron chi connectivity index (χ1n) is 5.12. The molecular formula is C11H10N2O4S. The van der Waals surface area contributed by atoms with Gasteiger partial charge < -0.3 is 10.4 Å². The van der Waals surface area contributed by atoms with E-state index in [0.29, 0.717) is 5.69 Å². The molecule has 0 bridgehead atoms. The van der Waals surface area contributed by atoms with Gasteiger partial charge in [0.25, 0.3) is 5.24 Å². The fraction of sp³-hybridized carbons (Fsp3) is 0.182. The molecule has 1 saturated heterocycles. The molecule has 6 nitrogen and oxygen atoms in total. The third-order valence-corrected chi connectivity index (χ3v) is 3.27. The first-order valence-corrected chi connectivity index (χ1v) is 6.11. The molecule has 7 heteroatoms. The van der Waals surface area contributed by atoms with Crippen LogP contribution < -0.4 is 5.32 Å². The van der Waals surface area contributed by atoms with Crippen molar-refractivity contribution in [1.82, 2.24) is 4.90 Å². The summed E-state index contributed by atoms with van der Waals surface area (Å²) in [6, 6.07) is 6.07. The number of thioether (sulfide) groups is 1. The number of carboxylic acid groups (broad SMARTS) is 1. The normalized spacial score (nSPS) is 15.0. The van der Waals surface area contributed by atoms with Gasteiger partial charge in [0, 0.05) is 5.69 Å². The first kappa shape index (κ1) is 12.4. The number of hydrogen-bond acceptors (Lipinski definition) is 5. The molecule has 1 aromatic carbocycles. The molecule has 1 aliphatic rings. The predicted octanol–water partition coefficient (Wildman–Crippen LogP) is 1.45. The van der Waals surface area contributed by atoms with Crippen molar-refractivity contribution in [3.8, 4) is 0 Å². The largest absolute Gasteiger partial charge is 0.478 e. The predicted molar refractivity (Wildman–Crippen MR) is 66.6 cm³/mol. The summed E-state index contributed by atoms with van der Waals surface area (Å²) >= 11 is 0.975. The molecule has 2 N–H and O–H groups in total. The van der Waals surface area contributed by atoms with Gasteiger partial charge in [-0.1, -0.05) is 11.8 Å². The van der Waals surface area contributed by atoms with Gasteiger partial charge in [-0.3, -0.25) is 14.5 Å². The van der Waals surface area contributed by atoms with Gasteiger partial charge in [-0.2, -0.15) is 0 Å². The van der Waals surface area contributed by atoms with Crippen LogP contribution in [0.1, 0.15) is 10.4 Å². The standard InChI is InChI=1S/C11H10N2O4S/c14-9-5-18-11(17)13(9)6-12-8-3-1-7(2-4-8)10(15)16/h1-4,12H,5-6H2,(H,15,16). The third-order valence-electron chi connectivity index (χ3n) is 2.41. The fourth-order valence-electron chi connectivity index (χ4n) is 1.43. The van der Waals surface area contributed by atoms with Gasteiger partial charge in [0.05, 0.1) is 18.0 Å². The number of amides is 2. The number of benzene rings is 1. The van der Waals surface area contributed by atoms with Crippen LogP contribution >= 0.6 is 11.8 Å². The lowest BCUT2D eigenvalue weighted by Crippen LogP contribution is -2.33. The second-order valence-corrected chi connectivity index (χ2v) is 4.52. The Bertz CT molecular complexity index is 484. The van der Waals surface area contributed by atoms with Crippen molar-refractivity contribution in [2.75, 3.05) is 17.7 Å². The van der Waals surface area contributed by atoms with Gasteiger partial charge in [-0.15, -0.1) is 0 Å². The van der Waals surface area contributed by atoms with E-state index in [1.165, 1.54) is 12.1 Å². The highest BCUT2D eigenvalue weighted by molar-refractivity contribution is 8.14. The molecule has 0 unspecified atom stereocenters. The average molecular weight is 266 g/mol. The van der Waals surface area contributed by atoms with Crippen LogP contribution in [-0.4, -0.2) is 39.5 Å². The molecule has 0 spiro atoms. The number of carbonyl (C=O) groups excluding carboxylic acids is 2. The minimum absolute atomic E-state index is 0.0943. The highest BCUT2D eigenvalue weighted by atomic mass is 32.2. The Labute approximate surface area is 107 Å². The highest BCUT2D eigenvalue weighted by Gasteiger charge is 2.29. The van der Waals surface area contributed by atoms with Crippen molar-refractivity contribution >= 4 is 34.6 Å². The Balaban J connectivity index is 1.96. The van der Waals surface area contributed by atoms with Crippen molar-refractivity contribution in [3.63, 3.8) is 0 Å². The van der Waals surface area contributed by atoms with E-state index in [9.17, 15) is 14.4 Å².